The van der Waals surface area contributed by atoms with Crippen molar-refractivity contribution < 1.29 is 9.13 Å². The highest BCUT2D eigenvalue weighted by atomic mass is 19.1. The first kappa shape index (κ1) is 14.5. The molecule has 3 heteroatoms. The van der Waals surface area contributed by atoms with Crippen LogP contribution in [0.2, 0.25) is 0 Å². The molecule has 106 valence electrons. The molecular formula is C17H20FNO. The van der Waals surface area contributed by atoms with Crippen LogP contribution in [0.1, 0.15) is 24.1 Å². The molecule has 1 N–H and O–H groups in total. The van der Waals surface area contributed by atoms with E-state index in [0.717, 1.165) is 18.5 Å². The Labute approximate surface area is 119 Å². The van der Waals surface area contributed by atoms with Crippen molar-refractivity contribution in [2.75, 3.05) is 13.7 Å². The van der Waals surface area contributed by atoms with E-state index in [4.69, 9.17) is 4.74 Å². The van der Waals surface area contributed by atoms with E-state index in [-0.39, 0.29) is 11.9 Å². The van der Waals surface area contributed by atoms with E-state index in [1.54, 1.807) is 13.2 Å². The lowest BCUT2D eigenvalue weighted by atomic mass is 10.1. The van der Waals surface area contributed by atoms with E-state index in [1.807, 2.05) is 25.1 Å². The number of benzene rings is 2. The Kier molecular flexibility index (Phi) is 5.13. The largest absolute Gasteiger partial charge is 0.496 e. The summed E-state index contributed by atoms with van der Waals surface area (Å²) in [6.07, 6.45) is 0.947. The number of rotatable bonds is 6. The van der Waals surface area contributed by atoms with Gasteiger partial charge in [0.15, 0.2) is 0 Å². The number of nitrogens with one attached hydrogen (secondary N) is 1. The molecular weight excluding hydrogens is 253 g/mol. The van der Waals surface area contributed by atoms with Crippen molar-refractivity contribution in [2.45, 2.75) is 19.4 Å². The van der Waals surface area contributed by atoms with Crippen molar-refractivity contribution in [1.29, 1.82) is 0 Å². The molecule has 1 unspecified atom stereocenters. The second kappa shape index (κ2) is 7.06. The monoisotopic (exact) mass is 273 g/mol. The molecule has 20 heavy (non-hydrogen) atoms. The fourth-order valence-electron chi connectivity index (χ4n) is 2.23. The van der Waals surface area contributed by atoms with Gasteiger partial charge < -0.3 is 10.1 Å². The van der Waals surface area contributed by atoms with Crippen LogP contribution in [-0.2, 0) is 6.42 Å². The lowest BCUT2D eigenvalue weighted by molar-refractivity contribution is 0.400. The van der Waals surface area contributed by atoms with E-state index in [2.05, 4.69) is 17.4 Å². The molecule has 0 bridgehead atoms. The van der Waals surface area contributed by atoms with Crippen LogP contribution in [0.5, 0.6) is 5.75 Å². The van der Waals surface area contributed by atoms with Gasteiger partial charge >= 0.3 is 0 Å². The second-order valence-corrected chi connectivity index (χ2v) is 4.80. The lowest BCUT2D eigenvalue weighted by Crippen LogP contribution is -2.22. The Hall–Kier alpha value is -1.87. The molecule has 2 aromatic carbocycles. The summed E-state index contributed by atoms with van der Waals surface area (Å²) in [5.41, 5.74) is 2.14. The first-order chi connectivity index (χ1) is 9.70. The summed E-state index contributed by atoms with van der Waals surface area (Å²) < 4.78 is 18.6. The minimum Gasteiger partial charge on any atom is -0.496 e. The fourth-order valence-corrected chi connectivity index (χ4v) is 2.23. The third kappa shape index (κ3) is 3.81. The minimum absolute atomic E-state index is 0.0457. The number of hydrogen-bond acceptors (Lipinski definition) is 2. The molecule has 0 saturated heterocycles. The average molecular weight is 273 g/mol. The Balaban J connectivity index is 1.95. The molecule has 2 rings (SSSR count). The summed E-state index contributed by atoms with van der Waals surface area (Å²) in [5.74, 6) is 0.476. The van der Waals surface area contributed by atoms with Gasteiger partial charge in [0.2, 0.25) is 0 Å². The Morgan fingerprint density at radius 3 is 2.60 bits per heavy atom. The average Bonchev–Trinajstić information content (AvgIpc) is 2.48. The van der Waals surface area contributed by atoms with Crippen LogP contribution >= 0.6 is 0 Å². The maximum absolute atomic E-state index is 13.3. The van der Waals surface area contributed by atoms with Crippen molar-refractivity contribution in [1.82, 2.24) is 5.32 Å². The molecule has 2 aromatic rings. The predicted octanol–water partition coefficient (Wildman–Crippen LogP) is 3.73. The molecule has 0 aliphatic heterocycles. The van der Waals surface area contributed by atoms with Crippen LogP contribution in [0.4, 0.5) is 4.39 Å². The van der Waals surface area contributed by atoms with Crippen LogP contribution in [0.3, 0.4) is 0 Å². The first-order valence-electron chi connectivity index (χ1n) is 6.81. The standard InChI is InChI=1S/C17H20FNO/c1-13(16-12-15(18)8-9-17(16)20-2)19-11-10-14-6-4-3-5-7-14/h3-9,12-13,19H,10-11H2,1-2H3. The van der Waals surface area contributed by atoms with Crippen LogP contribution in [0, 0.1) is 5.82 Å². The summed E-state index contributed by atoms with van der Waals surface area (Å²) in [6.45, 7) is 2.85. The lowest BCUT2D eigenvalue weighted by Gasteiger charge is -2.17. The highest BCUT2D eigenvalue weighted by molar-refractivity contribution is 5.36. The smallest absolute Gasteiger partial charge is 0.123 e. The van der Waals surface area contributed by atoms with Gasteiger partial charge in [-0.25, -0.2) is 4.39 Å². The van der Waals surface area contributed by atoms with Gasteiger partial charge in [-0.2, -0.15) is 0 Å². The van der Waals surface area contributed by atoms with E-state index < -0.39 is 0 Å². The molecule has 0 fully saturated rings. The zero-order valence-electron chi connectivity index (χ0n) is 11.9. The predicted molar refractivity (Wildman–Crippen MR) is 79.5 cm³/mol. The van der Waals surface area contributed by atoms with E-state index in [0.29, 0.717) is 5.75 Å². The highest BCUT2D eigenvalue weighted by Crippen LogP contribution is 2.25. The van der Waals surface area contributed by atoms with E-state index in [1.165, 1.54) is 17.7 Å². The minimum atomic E-state index is -0.238. The van der Waals surface area contributed by atoms with Crippen LogP contribution < -0.4 is 10.1 Å². The number of halogens is 1. The highest BCUT2D eigenvalue weighted by Gasteiger charge is 2.11. The van der Waals surface area contributed by atoms with Gasteiger partial charge in [0, 0.05) is 11.6 Å². The normalized spacial score (nSPS) is 12.2. The number of methoxy groups -OCH3 is 1. The fraction of sp³-hybridized carbons (Fsp3) is 0.294. The summed E-state index contributed by atoms with van der Waals surface area (Å²) in [5, 5.41) is 3.40. The Morgan fingerprint density at radius 1 is 1.15 bits per heavy atom. The van der Waals surface area contributed by atoms with Gasteiger partial charge in [-0.05, 0) is 43.7 Å². The molecule has 0 saturated carbocycles. The molecule has 0 amide bonds. The second-order valence-electron chi connectivity index (χ2n) is 4.80. The maximum atomic E-state index is 13.3. The van der Waals surface area contributed by atoms with Gasteiger partial charge in [-0.15, -0.1) is 0 Å². The third-order valence-corrected chi connectivity index (χ3v) is 3.37. The summed E-state index contributed by atoms with van der Waals surface area (Å²) >= 11 is 0. The summed E-state index contributed by atoms with van der Waals surface area (Å²) in [7, 11) is 1.60. The van der Waals surface area contributed by atoms with Crippen molar-refractivity contribution in [3.63, 3.8) is 0 Å². The van der Waals surface area contributed by atoms with Crippen LogP contribution in [0.25, 0.3) is 0 Å². The van der Waals surface area contributed by atoms with Gasteiger partial charge in [0.25, 0.3) is 0 Å². The van der Waals surface area contributed by atoms with Crippen LogP contribution in [-0.4, -0.2) is 13.7 Å². The van der Waals surface area contributed by atoms with Crippen molar-refractivity contribution in [2.24, 2.45) is 0 Å². The molecule has 0 heterocycles. The molecule has 0 aliphatic rings. The van der Waals surface area contributed by atoms with Crippen molar-refractivity contribution in [3.05, 3.63) is 65.5 Å². The molecule has 2 nitrogen and oxygen atoms in total. The summed E-state index contributed by atoms with van der Waals surface area (Å²) in [4.78, 5) is 0. The zero-order chi connectivity index (χ0) is 14.4. The molecule has 0 spiro atoms. The Bertz CT molecular complexity index is 542. The first-order valence-corrected chi connectivity index (χ1v) is 6.81. The Morgan fingerprint density at radius 2 is 1.90 bits per heavy atom. The molecule has 0 aliphatic carbocycles. The number of hydrogen-bond donors (Lipinski definition) is 1. The topological polar surface area (TPSA) is 21.3 Å². The quantitative estimate of drug-likeness (QED) is 0.866. The summed E-state index contributed by atoms with van der Waals surface area (Å²) in [6, 6.07) is 15.0. The maximum Gasteiger partial charge on any atom is 0.123 e. The van der Waals surface area contributed by atoms with Gasteiger partial charge in [0.05, 0.1) is 7.11 Å². The van der Waals surface area contributed by atoms with Gasteiger partial charge in [-0.3, -0.25) is 0 Å². The van der Waals surface area contributed by atoms with Crippen molar-refractivity contribution >= 4 is 0 Å². The third-order valence-electron chi connectivity index (χ3n) is 3.37. The molecule has 1 atom stereocenters. The van der Waals surface area contributed by atoms with Gasteiger partial charge in [0.1, 0.15) is 11.6 Å². The SMILES string of the molecule is COc1ccc(F)cc1C(C)NCCc1ccccc1. The van der Waals surface area contributed by atoms with E-state index >= 15 is 0 Å². The van der Waals surface area contributed by atoms with Crippen molar-refractivity contribution in [3.8, 4) is 5.75 Å². The number of ether oxygens (including phenoxy) is 1. The molecule has 0 radical (unpaired) electrons. The van der Waals surface area contributed by atoms with E-state index in [9.17, 15) is 4.39 Å². The van der Waals surface area contributed by atoms with Crippen LogP contribution in [0.15, 0.2) is 48.5 Å². The molecule has 0 aromatic heterocycles. The van der Waals surface area contributed by atoms with Gasteiger partial charge in [-0.1, -0.05) is 30.3 Å². The zero-order valence-corrected chi connectivity index (χ0v) is 11.9.